The normalized spacial score (nSPS) is 17.6. The summed E-state index contributed by atoms with van der Waals surface area (Å²) in [6.45, 7) is 1.31. The summed E-state index contributed by atoms with van der Waals surface area (Å²) in [6, 6.07) is 5.58. The Kier molecular flexibility index (Phi) is 4.62. The molecule has 3 aromatic heterocycles. The molecule has 3 aromatic rings. The Morgan fingerprint density at radius 1 is 1.27 bits per heavy atom. The van der Waals surface area contributed by atoms with Crippen molar-refractivity contribution in [3.63, 3.8) is 0 Å². The molecule has 1 N–H and O–H groups in total. The fourth-order valence-corrected chi connectivity index (χ4v) is 3.49. The highest BCUT2D eigenvalue weighted by Crippen LogP contribution is 2.21. The second-order valence-electron chi connectivity index (χ2n) is 6.63. The van der Waals surface area contributed by atoms with Crippen molar-refractivity contribution < 1.29 is 9.90 Å². The van der Waals surface area contributed by atoms with Gasteiger partial charge >= 0.3 is 0 Å². The van der Waals surface area contributed by atoms with Crippen LogP contribution in [0.1, 0.15) is 35.2 Å². The molecule has 0 saturated carbocycles. The summed E-state index contributed by atoms with van der Waals surface area (Å²) in [4.78, 5) is 27.6. The number of hydrogen-bond donors (Lipinski definition) is 1. The van der Waals surface area contributed by atoms with Crippen LogP contribution in [0.5, 0.6) is 0 Å². The van der Waals surface area contributed by atoms with Crippen molar-refractivity contribution >= 4 is 17.1 Å². The number of pyridine rings is 2. The van der Waals surface area contributed by atoms with Gasteiger partial charge in [0.1, 0.15) is 5.52 Å². The molecule has 1 fully saturated rings. The number of hydrogen-bond acceptors (Lipinski definition) is 5. The molecule has 1 atom stereocenters. The van der Waals surface area contributed by atoms with E-state index < -0.39 is 0 Å². The minimum atomic E-state index is -0.102. The van der Waals surface area contributed by atoms with Gasteiger partial charge in [-0.1, -0.05) is 6.07 Å². The van der Waals surface area contributed by atoms with Crippen molar-refractivity contribution in [2.45, 2.75) is 31.8 Å². The van der Waals surface area contributed by atoms with Crippen LogP contribution >= 0.6 is 0 Å². The molecule has 26 heavy (non-hydrogen) atoms. The van der Waals surface area contributed by atoms with Gasteiger partial charge in [0.25, 0.3) is 5.91 Å². The third-order valence-electron chi connectivity index (χ3n) is 4.88. The van der Waals surface area contributed by atoms with Crippen molar-refractivity contribution in [2.75, 3.05) is 13.2 Å². The maximum Gasteiger partial charge on any atom is 0.255 e. The lowest BCUT2D eigenvalue weighted by atomic mass is 10.0. The summed E-state index contributed by atoms with van der Waals surface area (Å²) in [6.07, 6.45) is 9.76. The van der Waals surface area contributed by atoms with E-state index in [1.54, 1.807) is 29.7 Å². The number of imidazole rings is 1. The molecule has 4 rings (SSSR count). The number of aliphatic hydroxyl groups is 1. The van der Waals surface area contributed by atoms with Crippen LogP contribution in [0, 0.1) is 0 Å². The van der Waals surface area contributed by atoms with Gasteiger partial charge in [0, 0.05) is 25.1 Å². The first-order valence-corrected chi connectivity index (χ1v) is 8.88. The Hall–Kier alpha value is -2.80. The number of amides is 1. The van der Waals surface area contributed by atoms with Gasteiger partial charge in [-0.15, -0.1) is 0 Å². The Morgan fingerprint density at radius 3 is 3.00 bits per heavy atom. The first-order chi connectivity index (χ1) is 12.8. The van der Waals surface area contributed by atoms with Crippen LogP contribution in [0.15, 0.2) is 43.1 Å². The molecule has 134 valence electrons. The lowest BCUT2D eigenvalue weighted by molar-refractivity contribution is 0.0503. The third kappa shape index (κ3) is 3.17. The Labute approximate surface area is 151 Å². The number of likely N-dealkylation sites (tertiary alicyclic amines) is 1. The smallest absolute Gasteiger partial charge is 0.255 e. The Balaban J connectivity index is 1.59. The van der Waals surface area contributed by atoms with Crippen LogP contribution < -0.4 is 0 Å². The molecule has 1 aliphatic heterocycles. The summed E-state index contributed by atoms with van der Waals surface area (Å²) in [7, 11) is 0. The predicted molar refractivity (Wildman–Crippen MR) is 96.6 cm³/mol. The van der Waals surface area contributed by atoms with E-state index in [2.05, 4.69) is 15.0 Å². The zero-order valence-corrected chi connectivity index (χ0v) is 14.5. The van der Waals surface area contributed by atoms with Crippen molar-refractivity contribution in [3.8, 4) is 0 Å². The summed E-state index contributed by atoms with van der Waals surface area (Å²) in [5.74, 6) is -0.0834. The van der Waals surface area contributed by atoms with Gasteiger partial charge in [-0.05, 0) is 37.0 Å². The molecule has 0 bridgehead atoms. The van der Waals surface area contributed by atoms with Gasteiger partial charge in [0.2, 0.25) is 0 Å². The van der Waals surface area contributed by atoms with E-state index in [1.165, 1.54) is 0 Å². The lowest BCUT2D eigenvalue weighted by Gasteiger charge is -2.34. The SMILES string of the molecule is O=C(c1cnc2c(c1)ncn2Cc1cccnc1)N1CCCCC1CO. The molecular weight excluding hydrogens is 330 g/mol. The predicted octanol–water partition coefficient (Wildman–Crippen LogP) is 1.86. The molecular formula is C19H21N5O2. The van der Waals surface area contributed by atoms with Crippen molar-refractivity contribution in [3.05, 3.63) is 54.2 Å². The number of carbonyl (C=O) groups is 1. The average molecular weight is 351 g/mol. The monoisotopic (exact) mass is 351 g/mol. The highest BCUT2D eigenvalue weighted by atomic mass is 16.3. The maximum absolute atomic E-state index is 12.8. The van der Waals surface area contributed by atoms with Crippen LogP contribution in [0.25, 0.3) is 11.2 Å². The summed E-state index contributed by atoms with van der Waals surface area (Å²) < 4.78 is 1.94. The van der Waals surface area contributed by atoms with E-state index in [1.807, 2.05) is 22.9 Å². The van der Waals surface area contributed by atoms with E-state index >= 15 is 0 Å². The quantitative estimate of drug-likeness (QED) is 0.776. The molecule has 7 heteroatoms. The van der Waals surface area contributed by atoms with Crippen molar-refractivity contribution in [2.24, 2.45) is 0 Å². The van der Waals surface area contributed by atoms with Gasteiger partial charge in [-0.3, -0.25) is 9.78 Å². The number of aliphatic hydroxyl groups excluding tert-OH is 1. The first kappa shape index (κ1) is 16.7. The molecule has 0 aromatic carbocycles. The van der Waals surface area contributed by atoms with Gasteiger partial charge in [0.15, 0.2) is 5.65 Å². The first-order valence-electron chi connectivity index (χ1n) is 8.88. The van der Waals surface area contributed by atoms with Crippen molar-refractivity contribution in [1.82, 2.24) is 24.4 Å². The highest BCUT2D eigenvalue weighted by molar-refractivity contribution is 5.96. The molecule has 4 heterocycles. The van der Waals surface area contributed by atoms with E-state index in [4.69, 9.17) is 0 Å². The molecule has 0 spiro atoms. The van der Waals surface area contributed by atoms with Crippen LogP contribution in [0.4, 0.5) is 0 Å². The van der Waals surface area contributed by atoms with Gasteiger partial charge in [0.05, 0.1) is 31.1 Å². The Bertz CT molecular complexity index is 909. The van der Waals surface area contributed by atoms with E-state index in [0.717, 1.165) is 30.5 Å². The maximum atomic E-state index is 12.8. The third-order valence-corrected chi connectivity index (χ3v) is 4.88. The fourth-order valence-electron chi connectivity index (χ4n) is 3.49. The van der Waals surface area contributed by atoms with Crippen LogP contribution in [-0.4, -0.2) is 54.6 Å². The van der Waals surface area contributed by atoms with Gasteiger partial charge < -0.3 is 14.6 Å². The zero-order chi connectivity index (χ0) is 17.9. The topological polar surface area (TPSA) is 84.1 Å². The standard InChI is InChI=1S/C19H21N5O2/c25-12-16-5-1-2-7-24(16)19(26)15-8-17-18(21-10-15)23(13-22-17)11-14-4-3-6-20-9-14/h3-4,6,8-10,13,16,25H,1-2,5,7,11-12H2. The molecule has 1 amide bonds. The lowest BCUT2D eigenvalue weighted by Crippen LogP contribution is -2.45. The largest absolute Gasteiger partial charge is 0.394 e. The Morgan fingerprint density at radius 2 is 2.19 bits per heavy atom. The number of fused-ring (bicyclic) bond motifs is 1. The van der Waals surface area contributed by atoms with Gasteiger partial charge in [-0.25, -0.2) is 9.97 Å². The minimum Gasteiger partial charge on any atom is -0.394 e. The van der Waals surface area contributed by atoms with Crippen LogP contribution in [0.2, 0.25) is 0 Å². The van der Waals surface area contributed by atoms with E-state index in [-0.39, 0.29) is 18.6 Å². The molecule has 0 aliphatic carbocycles. The number of rotatable bonds is 4. The minimum absolute atomic E-state index is 0.00114. The second kappa shape index (κ2) is 7.21. The summed E-state index contributed by atoms with van der Waals surface area (Å²) >= 11 is 0. The number of piperidine rings is 1. The zero-order valence-electron chi connectivity index (χ0n) is 14.5. The molecule has 1 aliphatic rings. The number of aromatic nitrogens is 4. The summed E-state index contributed by atoms with van der Waals surface area (Å²) in [5.41, 5.74) is 3.01. The van der Waals surface area contributed by atoms with Crippen LogP contribution in [0.3, 0.4) is 0 Å². The molecule has 0 radical (unpaired) electrons. The van der Waals surface area contributed by atoms with E-state index in [9.17, 15) is 9.90 Å². The highest BCUT2D eigenvalue weighted by Gasteiger charge is 2.27. The fraction of sp³-hybridized carbons (Fsp3) is 0.368. The van der Waals surface area contributed by atoms with Gasteiger partial charge in [-0.2, -0.15) is 0 Å². The molecule has 7 nitrogen and oxygen atoms in total. The molecule has 1 saturated heterocycles. The van der Waals surface area contributed by atoms with E-state index in [0.29, 0.717) is 24.2 Å². The van der Waals surface area contributed by atoms with Crippen molar-refractivity contribution in [1.29, 1.82) is 0 Å². The number of carbonyl (C=O) groups excluding carboxylic acids is 1. The molecule has 1 unspecified atom stereocenters. The average Bonchev–Trinajstić information content (AvgIpc) is 3.10. The number of nitrogens with zero attached hydrogens (tertiary/aromatic N) is 5. The van der Waals surface area contributed by atoms with Crippen LogP contribution in [-0.2, 0) is 6.54 Å². The summed E-state index contributed by atoms with van der Waals surface area (Å²) in [5, 5.41) is 9.54. The second-order valence-corrected chi connectivity index (χ2v) is 6.63.